The van der Waals surface area contributed by atoms with Gasteiger partial charge in [0.2, 0.25) is 0 Å². The highest BCUT2D eigenvalue weighted by Crippen LogP contribution is 2.05. The summed E-state index contributed by atoms with van der Waals surface area (Å²) in [6, 6.07) is 6.75. The summed E-state index contributed by atoms with van der Waals surface area (Å²) in [6.07, 6.45) is 3.83. The first-order chi connectivity index (χ1) is 5.74. The number of carboxylic acids is 1. The second kappa shape index (κ2) is 3.72. The largest absolute Gasteiger partial charge is 0.478 e. The van der Waals surface area contributed by atoms with Crippen LogP contribution in [0.15, 0.2) is 30.3 Å². The first-order valence-electron chi connectivity index (χ1n) is 3.70. The lowest BCUT2D eigenvalue weighted by atomic mass is 10.1. The quantitative estimate of drug-likeness (QED) is 0.725. The van der Waals surface area contributed by atoms with Gasteiger partial charge in [-0.3, -0.25) is 0 Å². The highest BCUT2D eigenvalue weighted by molar-refractivity contribution is 5.87. The highest BCUT2D eigenvalue weighted by Gasteiger charge is 1.99. The van der Waals surface area contributed by atoms with Crippen molar-refractivity contribution in [2.45, 2.75) is 6.92 Å². The molecule has 0 aliphatic heterocycles. The summed E-state index contributed by atoms with van der Waals surface area (Å²) < 4.78 is 0. The van der Waals surface area contributed by atoms with E-state index in [0.29, 0.717) is 5.56 Å². The molecular weight excluding hydrogens is 152 g/mol. The molecule has 0 saturated heterocycles. The Balaban J connectivity index is 2.93. The van der Waals surface area contributed by atoms with E-state index in [1.54, 1.807) is 24.3 Å². The number of carboxylic acid groups (broad SMARTS) is 1. The summed E-state index contributed by atoms with van der Waals surface area (Å²) >= 11 is 0. The molecule has 0 amide bonds. The molecule has 0 bridgehead atoms. The Kier molecular flexibility index (Phi) is 2.64. The fraction of sp³-hybridized carbons (Fsp3) is 0.100. The number of allylic oxidation sites excluding steroid dienone is 1. The maximum atomic E-state index is 10.5. The van der Waals surface area contributed by atoms with Crippen molar-refractivity contribution in [3.05, 3.63) is 41.5 Å². The van der Waals surface area contributed by atoms with Crippen molar-refractivity contribution in [1.82, 2.24) is 0 Å². The van der Waals surface area contributed by atoms with E-state index < -0.39 is 5.97 Å². The van der Waals surface area contributed by atoms with Crippen LogP contribution < -0.4 is 0 Å². The van der Waals surface area contributed by atoms with Gasteiger partial charge in [0.05, 0.1) is 5.56 Å². The number of benzene rings is 1. The fourth-order valence-corrected chi connectivity index (χ4v) is 0.929. The van der Waals surface area contributed by atoms with Crippen molar-refractivity contribution < 1.29 is 9.90 Å². The maximum absolute atomic E-state index is 10.5. The van der Waals surface area contributed by atoms with Crippen LogP contribution in [0.2, 0.25) is 0 Å². The summed E-state index contributed by atoms with van der Waals surface area (Å²) in [7, 11) is 0. The third-order valence-corrected chi connectivity index (χ3v) is 1.52. The van der Waals surface area contributed by atoms with Crippen LogP contribution in [-0.2, 0) is 0 Å². The number of hydrogen-bond donors (Lipinski definition) is 1. The van der Waals surface area contributed by atoms with E-state index in [-0.39, 0.29) is 0 Å². The van der Waals surface area contributed by atoms with Crippen LogP contribution in [0.3, 0.4) is 0 Å². The molecular formula is C10H10O2. The molecule has 0 aromatic heterocycles. The molecule has 0 aliphatic rings. The summed E-state index contributed by atoms with van der Waals surface area (Å²) in [5.74, 6) is -0.887. The molecule has 0 spiro atoms. The molecule has 0 unspecified atom stereocenters. The molecule has 1 aromatic carbocycles. The van der Waals surface area contributed by atoms with E-state index in [4.69, 9.17) is 5.11 Å². The summed E-state index contributed by atoms with van der Waals surface area (Å²) in [5, 5.41) is 8.59. The molecule has 0 saturated carbocycles. The first-order valence-corrected chi connectivity index (χ1v) is 3.70. The van der Waals surface area contributed by atoms with Gasteiger partial charge in [0, 0.05) is 0 Å². The Bertz CT molecular complexity index is 296. The minimum absolute atomic E-state index is 0.322. The van der Waals surface area contributed by atoms with Crippen molar-refractivity contribution in [3.8, 4) is 0 Å². The zero-order valence-corrected chi connectivity index (χ0v) is 6.82. The van der Waals surface area contributed by atoms with Crippen LogP contribution >= 0.6 is 0 Å². The average Bonchev–Trinajstić information content (AvgIpc) is 2.06. The van der Waals surface area contributed by atoms with Gasteiger partial charge in [-0.25, -0.2) is 4.79 Å². The van der Waals surface area contributed by atoms with E-state index in [1.165, 1.54) is 0 Å². The van der Waals surface area contributed by atoms with Gasteiger partial charge in [-0.15, -0.1) is 0 Å². The lowest BCUT2D eigenvalue weighted by molar-refractivity contribution is 0.0697. The number of aromatic carboxylic acids is 1. The normalized spacial score (nSPS) is 10.4. The minimum atomic E-state index is -0.887. The SMILES string of the molecule is C/C=C/c1ccc(C(=O)O)cc1. The van der Waals surface area contributed by atoms with Crippen molar-refractivity contribution in [2.24, 2.45) is 0 Å². The molecule has 1 aromatic rings. The Morgan fingerprint density at radius 3 is 2.33 bits per heavy atom. The fourth-order valence-electron chi connectivity index (χ4n) is 0.929. The number of rotatable bonds is 2. The molecule has 0 radical (unpaired) electrons. The Hall–Kier alpha value is -1.57. The molecule has 12 heavy (non-hydrogen) atoms. The van der Waals surface area contributed by atoms with Crippen molar-refractivity contribution in [2.75, 3.05) is 0 Å². The van der Waals surface area contributed by atoms with Crippen LogP contribution in [0.1, 0.15) is 22.8 Å². The standard InChI is InChI=1S/C10H10O2/c1-2-3-8-4-6-9(7-5-8)10(11)12/h2-7H,1H3,(H,11,12)/b3-2+. The van der Waals surface area contributed by atoms with E-state index in [2.05, 4.69) is 0 Å². The highest BCUT2D eigenvalue weighted by atomic mass is 16.4. The van der Waals surface area contributed by atoms with Gasteiger partial charge < -0.3 is 5.11 Å². The maximum Gasteiger partial charge on any atom is 0.335 e. The third-order valence-electron chi connectivity index (χ3n) is 1.52. The molecule has 0 heterocycles. The number of carbonyl (C=O) groups is 1. The Labute approximate surface area is 71.2 Å². The number of hydrogen-bond acceptors (Lipinski definition) is 1. The monoisotopic (exact) mass is 162 g/mol. The predicted molar refractivity (Wildman–Crippen MR) is 48.1 cm³/mol. The van der Waals surface area contributed by atoms with E-state index in [0.717, 1.165) is 5.56 Å². The van der Waals surface area contributed by atoms with Crippen LogP contribution in [0, 0.1) is 0 Å². The molecule has 2 nitrogen and oxygen atoms in total. The Morgan fingerprint density at radius 1 is 1.33 bits per heavy atom. The minimum Gasteiger partial charge on any atom is -0.478 e. The molecule has 0 fully saturated rings. The lowest BCUT2D eigenvalue weighted by Crippen LogP contribution is -1.94. The second-order valence-electron chi connectivity index (χ2n) is 2.43. The van der Waals surface area contributed by atoms with Crippen LogP contribution in [0.25, 0.3) is 6.08 Å². The lowest BCUT2D eigenvalue weighted by Gasteiger charge is -1.94. The molecule has 2 heteroatoms. The van der Waals surface area contributed by atoms with Crippen LogP contribution in [-0.4, -0.2) is 11.1 Å². The smallest absolute Gasteiger partial charge is 0.335 e. The van der Waals surface area contributed by atoms with E-state index in [1.807, 2.05) is 19.1 Å². The Morgan fingerprint density at radius 2 is 1.92 bits per heavy atom. The van der Waals surface area contributed by atoms with Gasteiger partial charge in [-0.05, 0) is 24.6 Å². The topological polar surface area (TPSA) is 37.3 Å². The molecule has 0 aliphatic carbocycles. The van der Waals surface area contributed by atoms with Crippen LogP contribution in [0.4, 0.5) is 0 Å². The van der Waals surface area contributed by atoms with Gasteiger partial charge in [0.1, 0.15) is 0 Å². The molecule has 1 rings (SSSR count). The average molecular weight is 162 g/mol. The van der Waals surface area contributed by atoms with E-state index >= 15 is 0 Å². The van der Waals surface area contributed by atoms with E-state index in [9.17, 15) is 4.79 Å². The molecule has 1 N–H and O–H groups in total. The van der Waals surface area contributed by atoms with Crippen molar-refractivity contribution >= 4 is 12.0 Å². The van der Waals surface area contributed by atoms with Gasteiger partial charge in [0.15, 0.2) is 0 Å². The second-order valence-corrected chi connectivity index (χ2v) is 2.43. The first kappa shape index (κ1) is 8.53. The van der Waals surface area contributed by atoms with Crippen molar-refractivity contribution in [3.63, 3.8) is 0 Å². The zero-order valence-electron chi connectivity index (χ0n) is 6.82. The third kappa shape index (κ3) is 1.95. The van der Waals surface area contributed by atoms with Gasteiger partial charge >= 0.3 is 5.97 Å². The van der Waals surface area contributed by atoms with Gasteiger partial charge in [-0.1, -0.05) is 24.3 Å². The molecule has 62 valence electrons. The zero-order chi connectivity index (χ0) is 8.97. The summed E-state index contributed by atoms with van der Waals surface area (Å²) in [4.78, 5) is 10.5. The predicted octanol–water partition coefficient (Wildman–Crippen LogP) is 2.42. The summed E-state index contributed by atoms with van der Waals surface area (Å²) in [6.45, 7) is 1.92. The van der Waals surface area contributed by atoms with Gasteiger partial charge in [0.25, 0.3) is 0 Å². The van der Waals surface area contributed by atoms with Crippen molar-refractivity contribution in [1.29, 1.82) is 0 Å². The summed E-state index contributed by atoms with van der Waals surface area (Å²) in [5.41, 5.74) is 1.34. The van der Waals surface area contributed by atoms with Crippen LogP contribution in [0.5, 0.6) is 0 Å². The van der Waals surface area contributed by atoms with Gasteiger partial charge in [-0.2, -0.15) is 0 Å². The molecule has 0 atom stereocenters.